The number of unbranched alkanes of at least 4 members (excludes halogenated alkanes) is 23. The summed E-state index contributed by atoms with van der Waals surface area (Å²) in [5, 5.41) is 0. The Kier molecular flexibility index (Phi) is 44.4. The molecule has 0 bridgehead atoms. The highest BCUT2D eigenvalue weighted by Gasteiger charge is 2.26. The average molecular weight is 893 g/mol. The van der Waals surface area contributed by atoms with Crippen LogP contribution < -0.4 is 0 Å². The highest BCUT2D eigenvalue weighted by atomic mass is 31.2. The van der Waals surface area contributed by atoms with Crippen LogP contribution in [0.25, 0.3) is 0 Å². The monoisotopic (exact) mass is 893 g/mol. The predicted octanol–water partition coefficient (Wildman–Crippen LogP) is 15.7. The van der Waals surface area contributed by atoms with Crippen LogP contribution in [0.1, 0.15) is 213 Å². The molecular weight excluding hydrogens is 794 g/mol. The molecule has 0 aromatic carbocycles. The summed E-state index contributed by atoms with van der Waals surface area (Å²) in [5.74, 6) is -0.326. The number of rotatable bonds is 47. The van der Waals surface area contributed by atoms with Crippen LogP contribution in [0.15, 0.2) is 60.8 Å². The molecule has 2 atom stereocenters. The van der Waals surface area contributed by atoms with Crippen LogP contribution in [0, 0.1) is 0 Å². The van der Waals surface area contributed by atoms with E-state index in [9.17, 15) is 14.3 Å². The summed E-state index contributed by atoms with van der Waals surface area (Å²) in [6.07, 6.45) is 58.5. The molecule has 0 saturated heterocycles. The zero-order valence-corrected chi connectivity index (χ0v) is 42.0. The molecule has 0 radical (unpaired) electrons. The maximum Gasteiger partial charge on any atom is 0.472 e. The van der Waals surface area contributed by atoms with Crippen LogP contribution in [-0.2, 0) is 27.9 Å². The van der Waals surface area contributed by atoms with E-state index in [4.69, 9.17) is 18.5 Å². The summed E-state index contributed by atoms with van der Waals surface area (Å²) in [6.45, 7) is 5.42. The van der Waals surface area contributed by atoms with Crippen LogP contribution >= 0.6 is 7.82 Å². The van der Waals surface area contributed by atoms with E-state index in [2.05, 4.69) is 74.6 Å². The van der Waals surface area contributed by atoms with Crippen molar-refractivity contribution < 1.29 is 37.3 Å². The molecule has 0 amide bonds. The molecule has 0 heterocycles. The van der Waals surface area contributed by atoms with Crippen molar-refractivity contribution in [1.82, 2.24) is 0 Å². The summed E-state index contributed by atoms with van der Waals surface area (Å²) in [4.78, 5) is 23.0. The second-order valence-corrected chi connectivity index (χ2v) is 19.6. The molecule has 0 aromatic heterocycles. The average Bonchev–Trinajstić information content (AvgIpc) is 3.23. The van der Waals surface area contributed by atoms with Gasteiger partial charge in [-0.15, -0.1) is 0 Å². The van der Waals surface area contributed by atoms with Gasteiger partial charge < -0.3 is 18.9 Å². The van der Waals surface area contributed by atoms with Crippen LogP contribution in [0.4, 0.5) is 0 Å². The number of likely N-dealkylation sites (N-methyl/N-ethyl adjacent to an activating group) is 1. The summed E-state index contributed by atoms with van der Waals surface area (Å²) in [7, 11) is 1.64. The minimum atomic E-state index is -4.29. The molecule has 8 nitrogen and oxygen atoms in total. The lowest BCUT2D eigenvalue weighted by Gasteiger charge is -2.24. The van der Waals surface area contributed by atoms with Crippen molar-refractivity contribution in [3.63, 3.8) is 0 Å². The first-order valence-corrected chi connectivity index (χ1v) is 27.0. The number of nitrogens with zero attached hydrogens (tertiary/aromatic N) is 1. The second-order valence-electron chi connectivity index (χ2n) is 18.2. The molecule has 0 spiro atoms. The Hall–Kier alpha value is -1.80. The normalized spacial score (nSPS) is 14.1. The fraction of sp³-hybridized carbons (Fsp3) is 0.792. The van der Waals surface area contributed by atoms with Gasteiger partial charge in [-0.1, -0.05) is 209 Å². The van der Waals surface area contributed by atoms with Gasteiger partial charge in [-0.3, -0.25) is 13.8 Å². The van der Waals surface area contributed by atoms with Crippen molar-refractivity contribution in [2.75, 3.05) is 54.1 Å². The van der Waals surface area contributed by atoms with Gasteiger partial charge in [0.05, 0.1) is 34.4 Å². The Morgan fingerprint density at radius 3 is 1.37 bits per heavy atom. The van der Waals surface area contributed by atoms with E-state index in [1.54, 1.807) is 0 Å². The molecule has 0 aliphatic carbocycles. The van der Waals surface area contributed by atoms with E-state index < -0.39 is 13.9 Å². The third-order valence-corrected chi connectivity index (χ3v) is 11.8. The fourth-order valence-corrected chi connectivity index (χ4v) is 7.67. The molecule has 0 aromatic rings. The Balaban J connectivity index is 4.19. The van der Waals surface area contributed by atoms with E-state index in [0.717, 1.165) is 70.6 Å². The van der Waals surface area contributed by atoms with Crippen molar-refractivity contribution in [2.24, 2.45) is 0 Å². The summed E-state index contributed by atoms with van der Waals surface area (Å²) in [5.41, 5.74) is 0. The van der Waals surface area contributed by atoms with Crippen LogP contribution in [0.3, 0.4) is 0 Å². The number of ether oxygens (including phenoxy) is 2. The van der Waals surface area contributed by atoms with Gasteiger partial charge in [0.1, 0.15) is 19.3 Å². The number of esters is 1. The second kappa shape index (κ2) is 45.8. The van der Waals surface area contributed by atoms with Gasteiger partial charge in [-0.25, -0.2) is 4.57 Å². The zero-order valence-electron chi connectivity index (χ0n) is 41.1. The Morgan fingerprint density at radius 1 is 0.516 bits per heavy atom. The van der Waals surface area contributed by atoms with Crippen molar-refractivity contribution >= 4 is 13.8 Å². The Bertz CT molecular complexity index is 1170. The molecule has 0 fully saturated rings. The number of hydrogen-bond donors (Lipinski definition) is 1. The van der Waals surface area contributed by atoms with Gasteiger partial charge in [0.25, 0.3) is 0 Å². The first-order valence-electron chi connectivity index (χ1n) is 25.5. The molecular formula is C53H99NO7P+. The summed E-state index contributed by atoms with van der Waals surface area (Å²) < 4.78 is 35.1. The largest absolute Gasteiger partial charge is 0.472 e. The fourth-order valence-electron chi connectivity index (χ4n) is 6.93. The van der Waals surface area contributed by atoms with E-state index in [1.807, 2.05) is 21.1 Å². The first kappa shape index (κ1) is 60.2. The number of allylic oxidation sites excluding steroid dienone is 10. The third kappa shape index (κ3) is 49.2. The summed E-state index contributed by atoms with van der Waals surface area (Å²) in [6, 6.07) is 0. The topological polar surface area (TPSA) is 91.3 Å². The van der Waals surface area contributed by atoms with E-state index in [0.29, 0.717) is 24.1 Å². The van der Waals surface area contributed by atoms with Crippen molar-refractivity contribution in [3.05, 3.63) is 60.8 Å². The van der Waals surface area contributed by atoms with Crippen LogP contribution in [-0.4, -0.2) is 75.6 Å². The smallest absolute Gasteiger partial charge is 0.457 e. The Labute approximate surface area is 383 Å². The highest BCUT2D eigenvalue weighted by molar-refractivity contribution is 7.47. The number of phosphoric ester groups is 1. The zero-order chi connectivity index (χ0) is 45.5. The third-order valence-electron chi connectivity index (χ3n) is 10.8. The highest BCUT2D eigenvalue weighted by Crippen LogP contribution is 2.43. The standard InChI is InChI=1S/C53H98NO7P/c1-6-8-10-12-14-16-18-20-22-24-26-27-28-29-30-32-34-36-38-40-42-44-46-53(55)61-52(51-60-62(56,57)59-49-47-54(3,4)5)50-58-48-45-43-41-39-37-35-33-31-25-23-21-19-17-15-13-11-9-7-2/h9,11,15,17,21,23,31,33,37,39,52H,6-8,10,12-14,16,18-20,22,24-30,32,34-36,38,40-51H2,1-5H3/p+1/b11-9-,17-15-,23-21-,33-31-,39-37-. The van der Waals surface area contributed by atoms with Gasteiger partial charge in [-0.2, -0.15) is 0 Å². The minimum Gasteiger partial charge on any atom is -0.457 e. The minimum absolute atomic E-state index is 0.0790. The van der Waals surface area contributed by atoms with E-state index in [-0.39, 0.29) is 25.8 Å². The van der Waals surface area contributed by atoms with Gasteiger partial charge in [0, 0.05) is 13.0 Å². The Morgan fingerprint density at radius 2 is 0.935 bits per heavy atom. The number of carbonyl (C=O) groups excluding carboxylic acids is 1. The van der Waals surface area contributed by atoms with Crippen molar-refractivity contribution in [2.45, 2.75) is 219 Å². The molecule has 0 aliphatic heterocycles. The van der Waals surface area contributed by atoms with Crippen LogP contribution in [0.2, 0.25) is 0 Å². The molecule has 1 N–H and O–H groups in total. The van der Waals surface area contributed by atoms with Crippen molar-refractivity contribution in [1.29, 1.82) is 0 Å². The summed E-state index contributed by atoms with van der Waals surface area (Å²) >= 11 is 0. The van der Waals surface area contributed by atoms with Gasteiger partial charge >= 0.3 is 13.8 Å². The molecule has 0 aliphatic rings. The molecule has 62 heavy (non-hydrogen) atoms. The van der Waals surface area contributed by atoms with Crippen molar-refractivity contribution in [3.8, 4) is 0 Å². The van der Waals surface area contributed by atoms with Gasteiger partial charge in [0.15, 0.2) is 0 Å². The number of phosphoric acid groups is 1. The number of hydrogen-bond acceptors (Lipinski definition) is 6. The van der Waals surface area contributed by atoms with E-state index >= 15 is 0 Å². The predicted molar refractivity (Wildman–Crippen MR) is 266 cm³/mol. The van der Waals surface area contributed by atoms with Gasteiger partial charge in [-0.05, 0) is 57.8 Å². The molecule has 0 rings (SSSR count). The maximum absolute atomic E-state index is 12.8. The number of quaternary nitrogens is 1. The van der Waals surface area contributed by atoms with Crippen LogP contribution in [0.5, 0.6) is 0 Å². The van der Waals surface area contributed by atoms with Gasteiger partial charge in [0.2, 0.25) is 0 Å². The quantitative estimate of drug-likeness (QED) is 0.0214. The molecule has 0 saturated carbocycles. The van der Waals surface area contributed by atoms with E-state index in [1.165, 1.54) is 122 Å². The lowest BCUT2D eigenvalue weighted by atomic mass is 10.0. The lowest BCUT2D eigenvalue weighted by molar-refractivity contribution is -0.870. The maximum atomic E-state index is 12.8. The molecule has 9 heteroatoms. The first-order chi connectivity index (χ1) is 30.1. The number of carbonyl (C=O) groups is 1. The molecule has 362 valence electrons. The molecule has 2 unspecified atom stereocenters. The lowest BCUT2D eigenvalue weighted by Crippen LogP contribution is -2.37. The SMILES string of the molecule is CC/C=C\C/C=C\C/C=C\C/C=C\C/C=C\CCCCOCC(COP(=O)(O)OCC[N+](C)(C)C)OC(=O)CCCCCCCCCCCCCCCCCCCCCCCC.